The van der Waals surface area contributed by atoms with E-state index in [1.165, 1.54) is 16.5 Å². The first-order chi connectivity index (χ1) is 18.3. The molecule has 3 N–H and O–H groups in total. The number of anilines is 1. The maximum Gasteiger partial charge on any atom is 0.254 e. The largest absolute Gasteiger partial charge is 0.380 e. The number of halogens is 1. The van der Waals surface area contributed by atoms with Gasteiger partial charge in [-0.05, 0) is 40.3 Å². The maximum atomic E-state index is 14.1. The lowest BCUT2D eigenvalue weighted by Crippen LogP contribution is -2.55. The number of hydrogen-bond donors (Lipinski definition) is 3. The van der Waals surface area contributed by atoms with Crippen molar-refractivity contribution >= 4 is 17.5 Å². The fraction of sp³-hybridized carbons (Fsp3) is 0.333. The highest BCUT2D eigenvalue weighted by Gasteiger charge is 2.34. The van der Waals surface area contributed by atoms with Crippen molar-refractivity contribution in [2.24, 2.45) is 0 Å². The number of carbonyl (C=O) groups is 2. The van der Waals surface area contributed by atoms with E-state index in [1.807, 2.05) is 41.3 Å². The summed E-state index contributed by atoms with van der Waals surface area (Å²) in [4.78, 5) is 28.4. The molecule has 0 saturated carbocycles. The monoisotopic (exact) mass is 519 g/mol. The van der Waals surface area contributed by atoms with Crippen LogP contribution >= 0.6 is 0 Å². The summed E-state index contributed by atoms with van der Waals surface area (Å²) in [6.45, 7) is 5.68. The third kappa shape index (κ3) is 6.20. The van der Waals surface area contributed by atoms with Crippen molar-refractivity contribution in [2.75, 3.05) is 31.1 Å². The number of para-hydroxylation sites is 1. The summed E-state index contributed by atoms with van der Waals surface area (Å²) >= 11 is 0. The Balaban J connectivity index is 1.28. The molecule has 0 unspecified atom stereocenters. The quantitative estimate of drug-likeness (QED) is 0.425. The van der Waals surface area contributed by atoms with Crippen LogP contribution in [-0.4, -0.2) is 65.3 Å². The molecule has 2 amide bonds. The van der Waals surface area contributed by atoms with Crippen LogP contribution < -0.4 is 10.2 Å². The van der Waals surface area contributed by atoms with Crippen molar-refractivity contribution in [2.45, 2.75) is 38.5 Å². The number of benzene rings is 3. The fourth-order valence-corrected chi connectivity index (χ4v) is 4.70. The van der Waals surface area contributed by atoms with Gasteiger partial charge in [-0.15, -0.1) is 0 Å². The van der Waals surface area contributed by atoms with Crippen LogP contribution in [0, 0.1) is 5.82 Å². The molecule has 3 aromatic rings. The number of hydrogen-bond acceptors (Lipinski definition) is 5. The Morgan fingerprint density at radius 3 is 2.16 bits per heavy atom. The maximum absolute atomic E-state index is 14.1. The summed E-state index contributed by atoms with van der Waals surface area (Å²) in [5.41, 5.74) is 4.76. The van der Waals surface area contributed by atoms with Crippen molar-refractivity contribution in [3.8, 4) is 11.1 Å². The molecule has 0 spiro atoms. The molecule has 0 aromatic heterocycles. The van der Waals surface area contributed by atoms with Crippen LogP contribution in [0.25, 0.3) is 11.1 Å². The molecule has 4 rings (SSSR count). The van der Waals surface area contributed by atoms with Gasteiger partial charge in [-0.25, -0.2) is 4.39 Å². The molecule has 2 atom stereocenters. The van der Waals surface area contributed by atoms with Crippen molar-refractivity contribution in [3.05, 3.63) is 89.7 Å². The van der Waals surface area contributed by atoms with Gasteiger partial charge in [0.05, 0.1) is 5.69 Å². The third-order valence-corrected chi connectivity index (χ3v) is 6.92. The molecule has 7 nitrogen and oxygen atoms in total. The van der Waals surface area contributed by atoms with Crippen molar-refractivity contribution in [1.29, 1.82) is 0 Å². The third-order valence-electron chi connectivity index (χ3n) is 6.92. The molecular weight excluding hydrogens is 485 g/mol. The summed E-state index contributed by atoms with van der Waals surface area (Å²) in [5.74, 6) is -1.51. The van der Waals surface area contributed by atoms with Gasteiger partial charge in [-0.2, -0.15) is 0 Å². The lowest BCUT2D eigenvalue weighted by molar-refractivity contribution is -0.153. The number of aliphatic hydroxyl groups excluding tert-OH is 2. The molecule has 3 aromatic carbocycles. The summed E-state index contributed by atoms with van der Waals surface area (Å²) in [5, 5.41) is 23.3. The minimum atomic E-state index is -1.90. The van der Waals surface area contributed by atoms with E-state index in [2.05, 4.69) is 31.3 Å². The van der Waals surface area contributed by atoms with Gasteiger partial charge in [0.15, 0.2) is 12.2 Å². The number of piperazine rings is 1. The van der Waals surface area contributed by atoms with Crippen LogP contribution in [0.3, 0.4) is 0 Å². The van der Waals surface area contributed by atoms with Gasteiger partial charge in [0.25, 0.3) is 11.8 Å². The van der Waals surface area contributed by atoms with Gasteiger partial charge >= 0.3 is 0 Å². The van der Waals surface area contributed by atoms with Crippen LogP contribution in [0.5, 0.6) is 0 Å². The fourth-order valence-electron chi connectivity index (χ4n) is 4.70. The Kier molecular flexibility index (Phi) is 8.76. The zero-order valence-corrected chi connectivity index (χ0v) is 21.7. The predicted octanol–water partition coefficient (Wildman–Crippen LogP) is 3.30. The topological polar surface area (TPSA) is 93.1 Å². The lowest BCUT2D eigenvalue weighted by Gasteiger charge is -2.37. The smallest absolute Gasteiger partial charge is 0.254 e. The Morgan fingerprint density at radius 2 is 1.50 bits per heavy atom. The highest BCUT2D eigenvalue weighted by atomic mass is 19.1. The van der Waals surface area contributed by atoms with Crippen LogP contribution in [0.1, 0.15) is 30.9 Å². The first-order valence-corrected chi connectivity index (χ1v) is 12.9. The van der Waals surface area contributed by atoms with Gasteiger partial charge in [0, 0.05) is 32.7 Å². The zero-order chi connectivity index (χ0) is 27.2. The molecule has 1 heterocycles. The van der Waals surface area contributed by atoms with E-state index in [9.17, 15) is 24.2 Å². The molecule has 200 valence electrons. The van der Waals surface area contributed by atoms with Crippen LogP contribution in [0.2, 0.25) is 0 Å². The van der Waals surface area contributed by atoms with Gasteiger partial charge < -0.3 is 25.3 Å². The summed E-state index contributed by atoms with van der Waals surface area (Å²) in [7, 11) is 0. The number of amides is 2. The molecule has 8 heteroatoms. The number of rotatable bonds is 8. The Labute approximate surface area is 222 Å². The molecule has 0 aliphatic carbocycles. The minimum absolute atomic E-state index is 0.143. The number of nitrogens with zero attached hydrogens (tertiary/aromatic N) is 2. The molecule has 38 heavy (non-hydrogen) atoms. The summed E-state index contributed by atoms with van der Waals surface area (Å²) < 4.78 is 14.1. The van der Waals surface area contributed by atoms with Crippen LogP contribution in [0.4, 0.5) is 10.1 Å². The van der Waals surface area contributed by atoms with Gasteiger partial charge in [0.2, 0.25) is 0 Å². The summed E-state index contributed by atoms with van der Waals surface area (Å²) in [6.07, 6.45) is -3.78. The second-order valence-corrected chi connectivity index (χ2v) is 9.81. The molecule has 1 saturated heterocycles. The van der Waals surface area contributed by atoms with Crippen molar-refractivity contribution in [3.63, 3.8) is 0 Å². The molecule has 0 radical (unpaired) electrons. The van der Waals surface area contributed by atoms with Gasteiger partial charge in [0.1, 0.15) is 5.82 Å². The van der Waals surface area contributed by atoms with Crippen molar-refractivity contribution in [1.82, 2.24) is 10.2 Å². The lowest BCUT2D eigenvalue weighted by atomic mass is 9.92. The van der Waals surface area contributed by atoms with Crippen molar-refractivity contribution < 1.29 is 24.2 Å². The number of carbonyl (C=O) groups excluding carboxylic acids is 2. The number of nitrogens with one attached hydrogen (secondary N) is 1. The molecule has 1 fully saturated rings. The highest BCUT2D eigenvalue weighted by molar-refractivity contribution is 5.90. The highest BCUT2D eigenvalue weighted by Crippen LogP contribution is 2.29. The normalized spacial score (nSPS) is 15.3. The predicted molar refractivity (Wildman–Crippen MR) is 145 cm³/mol. The molecular formula is C30H34FN3O4. The molecule has 1 aliphatic heterocycles. The number of aliphatic hydroxyl groups is 2. The Bertz CT molecular complexity index is 1260. The minimum Gasteiger partial charge on any atom is -0.380 e. The first kappa shape index (κ1) is 27.3. The second kappa shape index (κ2) is 12.2. The standard InChI is InChI=1S/C30H34FN3O4/c1-20(2)23-7-3-4-8-24(23)22-13-11-21(12-14-22)19-32-29(37)27(35)28(36)30(38)34-17-15-33(16-18-34)26-10-6-5-9-25(26)31/h3-14,20,27-28,35-36H,15-19H2,1-2H3,(H,32,37)/t27-,28-/m1/s1. The molecule has 0 bridgehead atoms. The van der Waals surface area contributed by atoms with E-state index in [0.29, 0.717) is 24.7 Å². The molecule has 1 aliphatic rings. The van der Waals surface area contributed by atoms with Gasteiger partial charge in [-0.1, -0.05) is 74.5 Å². The Morgan fingerprint density at radius 1 is 0.868 bits per heavy atom. The van der Waals surface area contributed by atoms with E-state index in [0.717, 1.165) is 16.7 Å². The van der Waals surface area contributed by atoms with E-state index in [1.54, 1.807) is 18.2 Å². The van der Waals surface area contributed by atoms with Crippen LogP contribution in [0.15, 0.2) is 72.8 Å². The SMILES string of the molecule is CC(C)c1ccccc1-c1ccc(CNC(=O)[C@H](O)[C@@H](O)C(=O)N2CCN(c3ccccc3F)CC2)cc1. The van der Waals surface area contributed by atoms with Gasteiger partial charge in [-0.3, -0.25) is 9.59 Å². The van der Waals surface area contributed by atoms with E-state index in [4.69, 9.17) is 0 Å². The zero-order valence-electron chi connectivity index (χ0n) is 21.7. The average molecular weight is 520 g/mol. The second-order valence-electron chi connectivity index (χ2n) is 9.81. The van der Waals surface area contributed by atoms with E-state index < -0.39 is 24.0 Å². The first-order valence-electron chi connectivity index (χ1n) is 12.9. The van der Waals surface area contributed by atoms with E-state index >= 15 is 0 Å². The summed E-state index contributed by atoms with van der Waals surface area (Å²) in [6, 6.07) is 22.4. The van der Waals surface area contributed by atoms with Crippen LogP contribution in [-0.2, 0) is 16.1 Å². The average Bonchev–Trinajstić information content (AvgIpc) is 2.95. The van der Waals surface area contributed by atoms with E-state index in [-0.39, 0.29) is 25.5 Å². The Hall–Kier alpha value is -3.75.